The van der Waals surface area contributed by atoms with Gasteiger partial charge in [0.15, 0.2) is 0 Å². The summed E-state index contributed by atoms with van der Waals surface area (Å²) in [5, 5.41) is 0. The maximum absolute atomic E-state index is 13.8. The predicted molar refractivity (Wildman–Crippen MR) is 63.1 cm³/mol. The summed E-state index contributed by atoms with van der Waals surface area (Å²) in [6.45, 7) is 5.76. The van der Waals surface area contributed by atoms with E-state index in [1.807, 2.05) is 20.8 Å². The van der Waals surface area contributed by atoms with Crippen LogP contribution in [0.25, 0.3) is 0 Å². The molecule has 1 rings (SSSR count). The van der Waals surface area contributed by atoms with Crippen LogP contribution in [0.3, 0.4) is 0 Å². The Morgan fingerprint density at radius 2 is 1.29 bits per heavy atom. The number of rotatable bonds is 4. The molecule has 0 nitrogen and oxygen atoms in total. The number of halogens is 4. The zero-order valence-electron chi connectivity index (χ0n) is 10.2. The van der Waals surface area contributed by atoms with Gasteiger partial charge in [0.1, 0.15) is 0 Å². The van der Waals surface area contributed by atoms with E-state index < -0.39 is 41.6 Å². The third-order valence-electron chi connectivity index (χ3n) is 3.70. The second-order valence-corrected chi connectivity index (χ2v) is 19.1. The third-order valence-corrected chi connectivity index (χ3v) is 19.6. The van der Waals surface area contributed by atoms with Crippen molar-refractivity contribution in [3.8, 4) is 0 Å². The van der Waals surface area contributed by atoms with Crippen molar-refractivity contribution in [3.05, 3.63) is 29.3 Å². The van der Waals surface area contributed by atoms with Crippen molar-refractivity contribution in [2.24, 2.45) is 0 Å². The van der Waals surface area contributed by atoms with E-state index in [1.54, 1.807) is 0 Å². The molecule has 0 aliphatic rings. The Hall–Kier alpha value is -0.261. The Balaban J connectivity index is 3.50. The first-order chi connectivity index (χ1) is 7.93. The van der Waals surface area contributed by atoms with Crippen molar-refractivity contribution < 1.29 is 17.6 Å². The molecule has 17 heavy (non-hydrogen) atoms. The van der Waals surface area contributed by atoms with E-state index in [0.29, 0.717) is 0 Å². The summed E-state index contributed by atoms with van der Waals surface area (Å²) < 4.78 is 55.5. The Labute approximate surface area is 103 Å². The summed E-state index contributed by atoms with van der Waals surface area (Å²) in [7, 11) is 0. The van der Waals surface area contributed by atoms with E-state index in [-0.39, 0.29) is 3.58 Å². The van der Waals surface area contributed by atoms with Gasteiger partial charge in [-0.25, -0.2) is 0 Å². The quantitative estimate of drug-likeness (QED) is 0.332. The second kappa shape index (κ2) is 5.59. The van der Waals surface area contributed by atoms with Crippen LogP contribution in [0.4, 0.5) is 17.6 Å². The molecule has 0 aromatic heterocycles. The van der Waals surface area contributed by atoms with Crippen molar-refractivity contribution in [1.82, 2.24) is 0 Å². The first kappa shape index (κ1) is 14.8. The van der Waals surface area contributed by atoms with E-state index in [2.05, 4.69) is 0 Å². The molecule has 0 heterocycles. The van der Waals surface area contributed by atoms with Gasteiger partial charge in [-0.3, -0.25) is 0 Å². The summed E-state index contributed by atoms with van der Waals surface area (Å²) in [4.78, 5) is 0. The molecule has 0 aliphatic carbocycles. The Bertz CT molecular complexity index is 405. The average Bonchev–Trinajstić information content (AvgIpc) is 2.35. The van der Waals surface area contributed by atoms with Crippen molar-refractivity contribution >= 4 is 22.0 Å². The monoisotopic (exact) mass is 356 g/mol. The van der Waals surface area contributed by atoms with Gasteiger partial charge in [0.25, 0.3) is 0 Å². The SMILES string of the molecule is C[CH2][Sn]([CH2]C)([CH2]C)[c]1cc(F)c(F)c(F)c1F. The molecule has 0 aliphatic heterocycles. The maximum atomic E-state index is 13.8. The van der Waals surface area contributed by atoms with E-state index in [1.165, 1.54) is 0 Å². The summed E-state index contributed by atoms with van der Waals surface area (Å²) in [6, 6.07) is 0.875. The molecular formula is C12H16F4Sn. The van der Waals surface area contributed by atoms with Crippen LogP contribution in [0.2, 0.25) is 13.3 Å². The Morgan fingerprint density at radius 3 is 1.71 bits per heavy atom. The van der Waals surface area contributed by atoms with Crippen molar-refractivity contribution in [2.45, 2.75) is 34.1 Å². The van der Waals surface area contributed by atoms with Crippen LogP contribution >= 0.6 is 0 Å². The normalized spacial score (nSPS) is 11.9. The van der Waals surface area contributed by atoms with Crippen molar-refractivity contribution in [2.75, 3.05) is 0 Å². The Morgan fingerprint density at radius 1 is 0.824 bits per heavy atom. The first-order valence-corrected chi connectivity index (χ1v) is 13.2. The fourth-order valence-electron chi connectivity index (χ4n) is 2.28. The van der Waals surface area contributed by atoms with Gasteiger partial charge in [-0.15, -0.1) is 0 Å². The fourth-order valence-corrected chi connectivity index (χ4v) is 12.7. The van der Waals surface area contributed by atoms with Crippen LogP contribution in [0.5, 0.6) is 0 Å². The molecule has 1 aromatic carbocycles. The number of benzene rings is 1. The van der Waals surface area contributed by atoms with Gasteiger partial charge in [-0.1, -0.05) is 0 Å². The van der Waals surface area contributed by atoms with Crippen LogP contribution < -0.4 is 3.58 Å². The molecule has 96 valence electrons. The molecule has 5 heteroatoms. The fraction of sp³-hybridized carbons (Fsp3) is 0.500. The summed E-state index contributed by atoms with van der Waals surface area (Å²) in [5.74, 6) is -5.84. The van der Waals surface area contributed by atoms with Crippen LogP contribution in [0.1, 0.15) is 20.8 Å². The van der Waals surface area contributed by atoms with Crippen molar-refractivity contribution in [1.29, 1.82) is 0 Å². The topological polar surface area (TPSA) is 0 Å². The van der Waals surface area contributed by atoms with E-state index >= 15 is 0 Å². The van der Waals surface area contributed by atoms with Gasteiger partial charge in [0.05, 0.1) is 0 Å². The standard InChI is InChI=1S/C6HF4.3C2H5.Sn/c7-3-1-2-4(8)6(10)5(3)9;3*1-2;/h1H;3*1H2,2H3;. The molecule has 0 saturated heterocycles. The molecular weight excluding hydrogens is 339 g/mol. The molecule has 0 radical (unpaired) electrons. The molecule has 1 aromatic rings. The van der Waals surface area contributed by atoms with Crippen LogP contribution in [-0.4, -0.2) is 18.4 Å². The molecule has 0 atom stereocenters. The summed E-state index contributed by atoms with van der Waals surface area (Å²) >= 11 is -3.07. The van der Waals surface area contributed by atoms with Crippen LogP contribution in [0, 0.1) is 23.3 Å². The molecule has 0 unspecified atom stereocenters. The molecule has 0 N–H and O–H groups in total. The minimum atomic E-state index is -3.07. The van der Waals surface area contributed by atoms with Crippen LogP contribution in [-0.2, 0) is 0 Å². The molecule has 0 bridgehead atoms. The predicted octanol–water partition coefficient (Wildman–Crippen LogP) is 3.96. The molecule has 0 amide bonds. The average molecular weight is 355 g/mol. The zero-order chi connectivity index (χ0) is 13.2. The van der Waals surface area contributed by atoms with Crippen LogP contribution in [0.15, 0.2) is 6.07 Å². The van der Waals surface area contributed by atoms with E-state index in [9.17, 15) is 17.6 Å². The van der Waals surface area contributed by atoms with Gasteiger partial charge in [0.2, 0.25) is 0 Å². The zero-order valence-corrected chi connectivity index (χ0v) is 13.1. The van der Waals surface area contributed by atoms with Gasteiger partial charge in [-0.05, 0) is 0 Å². The van der Waals surface area contributed by atoms with Gasteiger partial charge in [-0.2, -0.15) is 0 Å². The van der Waals surface area contributed by atoms with Gasteiger partial charge >= 0.3 is 103 Å². The first-order valence-electron chi connectivity index (χ1n) is 5.77. The number of hydrogen-bond donors (Lipinski definition) is 0. The molecule has 0 spiro atoms. The van der Waals surface area contributed by atoms with Gasteiger partial charge in [0, 0.05) is 0 Å². The second-order valence-electron chi connectivity index (χ2n) is 4.19. The molecule has 0 fully saturated rings. The summed E-state index contributed by atoms with van der Waals surface area (Å²) in [6.07, 6.45) is 0. The Kier molecular flexibility index (Phi) is 4.86. The molecule has 0 saturated carbocycles. The van der Waals surface area contributed by atoms with Crippen molar-refractivity contribution in [3.63, 3.8) is 0 Å². The van der Waals surface area contributed by atoms with E-state index in [0.717, 1.165) is 19.4 Å². The summed E-state index contributed by atoms with van der Waals surface area (Å²) in [5.41, 5.74) is 0. The minimum absolute atomic E-state index is 0.142. The third kappa shape index (κ3) is 2.46. The van der Waals surface area contributed by atoms with E-state index in [4.69, 9.17) is 0 Å². The number of hydrogen-bond acceptors (Lipinski definition) is 0. The van der Waals surface area contributed by atoms with Gasteiger partial charge < -0.3 is 0 Å².